The number of hydrogen-bond acceptors (Lipinski definition) is 6. The van der Waals surface area contributed by atoms with E-state index in [-0.39, 0.29) is 5.78 Å². The first-order chi connectivity index (χ1) is 17.6. The van der Waals surface area contributed by atoms with Gasteiger partial charge in [0.15, 0.2) is 5.04 Å². The Kier molecular flexibility index (Phi) is 5.46. The number of hydrazone groups is 2. The highest BCUT2D eigenvalue weighted by molar-refractivity contribution is 8.17. The molecule has 0 unspecified atom stereocenters. The number of fused-ring (bicyclic) bond motifs is 2. The van der Waals surface area contributed by atoms with Crippen LogP contribution in [0.15, 0.2) is 119 Å². The van der Waals surface area contributed by atoms with Crippen LogP contribution < -0.4 is 10.0 Å². The van der Waals surface area contributed by atoms with Crippen LogP contribution in [0.5, 0.6) is 0 Å². The molecule has 1 atom stereocenters. The lowest BCUT2D eigenvalue weighted by Crippen LogP contribution is -2.53. The number of para-hydroxylation sites is 1. The molecule has 5 nitrogen and oxygen atoms in total. The lowest BCUT2D eigenvalue weighted by molar-refractivity contribution is 0.106. The van der Waals surface area contributed by atoms with E-state index in [4.69, 9.17) is 10.2 Å². The minimum absolute atomic E-state index is 0.105. The van der Waals surface area contributed by atoms with E-state index in [1.165, 1.54) is 11.8 Å². The largest absolute Gasteiger partial charge is 0.286 e. The van der Waals surface area contributed by atoms with Crippen LogP contribution >= 0.6 is 11.8 Å². The van der Waals surface area contributed by atoms with Crippen molar-refractivity contribution in [1.82, 2.24) is 0 Å². The number of carbonyl (C=O) groups excluding carboxylic acids is 1. The van der Waals surface area contributed by atoms with E-state index in [1.807, 2.05) is 102 Å². The highest BCUT2D eigenvalue weighted by Crippen LogP contribution is 2.54. The summed E-state index contributed by atoms with van der Waals surface area (Å²) in [4.78, 5) is 12.8. The fraction of sp³-hybridized carbons (Fsp3) is 0.100. The van der Waals surface area contributed by atoms with Gasteiger partial charge in [0.25, 0.3) is 0 Å². The highest BCUT2D eigenvalue weighted by Gasteiger charge is 2.55. The van der Waals surface area contributed by atoms with Gasteiger partial charge >= 0.3 is 0 Å². The number of hydrogen-bond donors (Lipinski definition) is 0. The molecule has 6 rings (SSSR count). The van der Waals surface area contributed by atoms with Crippen LogP contribution in [0.1, 0.15) is 34.0 Å². The Hall–Kier alpha value is -4.16. The summed E-state index contributed by atoms with van der Waals surface area (Å²) in [6, 6.07) is 35.9. The van der Waals surface area contributed by atoms with Crippen molar-refractivity contribution >= 4 is 39.7 Å². The fourth-order valence-corrected chi connectivity index (χ4v) is 6.01. The van der Waals surface area contributed by atoms with E-state index < -0.39 is 4.99 Å². The van der Waals surface area contributed by atoms with Crippen LogP contribution in [0.25, 0.3) is 0 Å². The first-order valence-electron chi connectivity index (χ1n) is 11.8. The van der Waals surface area contributed by atoms with Gasteiger partial charge in [0, 0.05) is 16.7 Å². The van der Waals surface area contributed by atoms with Gasteiger partial charge in [-0.1, -0.05) is 90.5 Å². The molecule has 0 fully saturated rings. The van der Waals surface area contributed by atoms with Crippen LogP contribution in [-0.2, 0) is 4.99 Å². The Labute approximate surface area is 214 Å². The molecular formula is C30H24N4OS. The van der Waals surface area contributed by atoms with Gasteiger partial charge in [-0.2, -0.15) is 10.2 Å². The summed E-state index contributed by atoms with van der Waals surface area (Å²) in [7, 11) is 0. The third-order valence-electron chi connectivity index (χ3n) is 6.43. The van der Waals surface area contributed by atoms with Gasteiger partial charge in [0.1, 0.15) is 0 Å². The molecule has 0 aliphatic carbocycles. The number of aryl methyl sites for hydroxylation is 1. The Morgan fingerprint density at radius 2 is 1.28 bits per heavy atom. The van der Waals surface area contributed by atoms with Crippen molar-refractivity contribution in [2.24, 2.45) is 10.2 Å². The number of Topliss-reactive ketones (excluding diaryl/α,β-unsaturated/α-hetero) is 1. The van der Waals surface area contributed by atoms with E-state index in [2.05, 4.69) is 31.2 Å². The smallest absolute Gasteiger partial charge is 0.234 e. The summed E-state index contributed by atoms with van der Waals surface area (Å²) in [5.41, 5.74) is 6.55. The molecule has 1 spiro atoms. The zero-order chi connectivity index (χ0) is 24.7. The Bertz CT molecular complexity index is 1500. The molecule has 0 amide bonds. The van der Waals surface area contributed by atoms with E-state index in [9.17, 15) is 4.79 Å². The SMILES string of the molecule is CC1=NN(c2ccccc2)[C@]2(SC(C(=O)c3ccccc3)=NN2c2ccc(C)cc2)c2ccccc21. The summed E-state index contributed by atoms with van der Waals surface area (Å²) in [5, 5.41) is 14.5. The van der Waals surface area contributed by atoms with Crippen molar-refractivity contribution in [3.63, 3.8) is 0 Å². The van der Waals surface area contributed by atoms with Gasteiger partial charge < -0.3 is 0 Å². The maximum atomic E-state index is 13.7. The number of thioether (sulfide) groups is 1. The first-order valence-corrected chi connectivity index (χ1v) is 12.6. The maximum absolute atomic E-state index is 13.7. The van der Waals surface area contributed by atoms with Gasteiger partial charge in [-0.3, -0.25) is 4.79 Å². The normalized spacial score (nSPS) is 18.6. The van der Waals surface area contributed by atoms with Gasteiger partial charge in [-0.15, -0.1) is 0 Å². The van der Waals surface area contributed by atoms with Crippen molar-refractivity contribution < 1.29 is 4.79 Å². The second-order valence-corrected chi connectivity index (χ2v) is 10.00. The van der Waals surface area contributed by atoms with Gasteiger partial charge in [-0.05, 0) is 49.9 Å². The van der Waals surface area contributed by atoms with Crippen LogP contribution in [0.4, 0.5) is 11.4 Å². The molecule has 0 N–H and O–H groups in total. The predicted octanol–water partition coefficient (Wildman–Crippen LogP) is 6.80. The highest BCUT2D eigenvalue weighted by atomic mass is 32.2. The van der Waals surface area contributed by atoms with Crippen LogP contribution in [0.2, 0.25) is 0 Å². The molecule has 2 heterocycles. The van der Waals surface area contributed by atoms with Crippen molar-refractivity contribution in [3.05, 3.63) is 131 Å². The number of rotatable bonds is 4. The lowest BCUT2D eigenvalue weighted by atomic mass is 9.98. The summed E-state index contributed by atoms with van der Waals surface area (Å²) in [6.45, 7) is 4.08. The molecule has 4 aromatic carbocycles. The van der Waals surface area contributed by atoms with E-state index in [1.54, 1.807) is 0 Å². The molecule has 176 valence electrons. The Morgan fingerprint density at radius 1 is 0.694 bits per heavy atom. The molecule has 2 aliphatic heterocycles. The molecule has 0 aromatic heterocycles. The topological polar surface area (TPSA) is 48.3 Å². The lowest BCUT2D eigenvalue weighted by Gasteiger charge is -2.46. The molecule has 2 aliphatic rings. The molecule has 36 heavy (non-hydrogen) atoms. The number of benzene rings is 4. The van der Waals surface area contributed by atoms with Gasteiger partial charge in [0.2, 0.25) is 10.8 Å². The molecule has 0 saturated carbocycles. The van der Waals surface area contributed by atoms with Crippen molar-refractivity contribution in [3.8, 4) is 0 Å². The van der Waals surface area contributed by atoms with Crippen molar-refractivity contribution in [2.45, 2.75) is 18.8 Å². The molecule has 6 heteroatoms. The Balaban J connectivity index is 1.60. The second-order valence-electron chi connectivity index (χ2n) is 8.84. The third-order valence-corrected chi connectivity index (χ3v) is 7.74. The van der Waals surface area contributed by atoms with Gasteiger partial charge in [0.05, 0.1) is 17.1 Å². The fourth-order valence-electron chi connectivity index (χ4n) is 4.65. The van der Waals surface area contributed by atoms with E-state index >= 15 is 0 Å². The monoisotopic (exact) mass is 488 g/mol. The summed E-state index contributed by atoms with van der Waals surface area (Å²) >= 11 is 1.44. The van der Waals surface area contributed by atoms with Gasteiger partial charge in [-0.25, -0.2) is 10.0 Å². The van der Waals surface area contributed by atoms with Crippen LogP contribution in [0.3, 0.4) is 0 Å². The van der Waals surface area contributed by atoms with E-state index in [0.717, 1.165) is 33.8 Å². The summed E-state index contributed by atoms with van der Waals surface area (Å²) in [6.07, 6.45) is 0. The number of anilines is 2. The maximum Gasteiger partial charge on any atom is 0.234 e. The molecule has 0 saturated heterocycles. The minimum Gasteiger partial charge on any atom is -0.286 e. The number of carbonyl (C=O) groups is 1. The Morgan fingerprint density at radius 3 is 2.00 bits per heavy atom. The third kappa shape index (κ3) is 3.53. The van der Waals surface area contributed by atoms with Crippen molar-refractivity contribution in [1.29, 1.82) is 0 Å². The zero-order valence-electron chi connectivity index (χ0n) is 20.0. The van der Waals surface area contributed by atoms with Crippen LogP contribution in [-0.4, -0.2) is 16.5 Å². The quantitative estimate of drug-likeness (QED) is 0.297. The standard InChI is InChI=1S/C30H24N4OS/c1-21-17-19-25(20-18-21)34-30(36-29(32-34)28(35)23-11-5-3-6-12-23)27-16-10-9-15-26(27)22(2)31-33(30)24-13-7-4-8-14-24/h3-20H,1-2H3/t30-/m1/s1. The summed E-state index contributed by atoms with van der Waals surface area (Å²) in [5.74, 6) is -0.105. The molecule has 0 radical (unpaired) electrons. The molecule has 4 aromatic rings. The van der Waals surface area contributed by atoms with Crippen LogP contribution in [0, 0.1) is 6.92 Å². The van der Waals surface area contributed by atoms with Crippen molar-refractivity contribution in [2.75, 3.05) is 10.0 Å². The second kappa shape index (κ2) is 8.81. The predicted molar refractivity (Wildman–Crippen MR) is 149 cm³/mol. The number of nitrogens with zero attached hydrogens (tertiary/aromatic N) is 4. The zero-order valence-corrected chi connectivity index (χ0v) is 20.8. The summed E-state index contributed by atoms with van der Waals surface area (Å²) < 4.78 is 0. The van der Waals surface area contributed by atoms with E-state index in [0.29, 0.717) is 10.6 Å². The number of ketones is 1. The molecular weight excluding hydrogens is 464 g/mol. The average molecular weight is 489 g/mol. The average Bonchev–Trinajstić information content (AvgIpc) is 3.33. The molecule has 0 bridgehead atoms. The first kappa shape index (κ1) is 22.3. The minimum atomic E-state index is -0.924.